The van der Waals surface area contributed by atoms with Crippen LogP contribution in [0.4, 0.5) is 20.7 Å². The van der Waals surface area contributed by atoms with Gasteiger partial charge in [-0.3, -0.25) is 9.69 Å². The third-order valence-electron chi connectivity index (χ3n) is 8.49. The van der Waals surface area contributed by atoms with Gasteiger partial charge in [-0.15, -0.1) is 0 Å². The van der Waals surface area contributed by atoms with Crippen LogP contribution in [-0.4, -0.2) is 45.6 Å². The highest BCUT2D eigenvalue weighted by Gasteiger charge is 2.56. The summed E-state index contributed by atoms with van der Waals surface area (Å²) in [6, 6.07) is 23.9. The predicted octanol–water partition coefficient (Wildman–Crippen LogP) is 6.71. The fourth-order valence-electron chi connectivity index (χ4n) is 5.93. The lowest BCUT2D eigenvalue weighted by Crippen LogP contribution is -2.46. The number of benzene rings is 3. The molecule has 2 unspecified atom stereocenters. The number of amides is 2. The summed E-state index contributed by atoms with van der Waals surface area (Å²) in [4.78, 5) is 35.9. The molecule has 2 fully saturated rings. The van der Waals surface area contributed by atoms with E-state index in [4.69, 9.17) is 4.74 Å². The molecule has 3 aromatic carbocycles. The molecule has 1 aliphatic heterocycles. The predicted molar refractivity (Wildman–Crippen MR) is 167 cm³/mol. The smallest absolute Gasteiger partial charge is 0.411 e. The van der Waals surface area contributed by atoms with Crippen molar-refractivity contribution in [2.45, 2.75) is 63.6 Å². The molecule has 1 saturated heterocycles. The van der Waals surface area contributed by atoms with Gasteiger partial charge in [-0.1, -0.05) is 50.2 Å². The molecule has 1 saturated carbocycles. The number of hydrogen-bond donors (Lipinski definition) is 2. The van der Waals surface area contributed by atoms with Gasteiger partial charge in [0.25, 0.3) is 0 Å². The summed E-state index contributed by atoms with van der Waals surface area (Å²) in [5, 5.41) is 6.31. The van der Waals surface area contributed by atoms with E-state index in [0.717, 1.165) is 35.2 Å². The Labute approximate surface area is 256 Å². The van der Waals surface area contributed by atoms with E-state index in [2.05, 4.69) is 58.7 Å². The first-order chi connectivity index (χ1) is 21.2. The third-order valence-corrected chi connectivity index (χ3v) is 8.49. The summed E-state index contributed by atoms with van der Waals surface area (Å²) >= 11 is 0. The minimum absolute atomic E-state index is 0.172. The first-order valence-electron chi connectivity index (χ1n) is 15.0. The highest BCUT2D eigenvalue weighted by atomic mass is 19.1. The summed E-state index contributed by atoms with van der Waals surface area (Å²) in [6.45, 7) is 6.23. The van der Waals surface area contributed by atoms with Crippen LogP contribution in [0, 0.1) is 5.82 Å². The molecule has 0 spiro atoms. The Balaban J connectivity index is 1.14. The van der Waals surface area contributed by atoms with E-state index in [9.17, 15) is 14.0 Å². The zero-order valence-electron chi connectivity index (χ0n) is 25.1. The summed E-state index contributed by atoms with van der Waals surface area (Å²) in [5.74, 6) is 0.530. The fraction of sp³-hybridized carbons (Fsp3) is 0.314. The van der Waals surface area contributed by atoms with E-state index in [1.54, 1.807) is 18.2 Å². The Hall–Kier alpha value is -4.79. The number of cyclic esters (lactones) is 1. The number of ether oxygens (including phenoxy) is 1. The number of nitrogens with zero attached hydrogens (tertiary/aromatic N) is 3. The number of nitrogens with one attached hydrogen (secondary N) is 2. The lowest BCUT2D eigenvalue weighted by molar-refractivity contribution is -0.120. The van der Waals surface area contributed by atoms with E-state index < -0.39 is 6.10 Å². The first kappa shape index (κ1) is 29.3. The van der Waals surface area contributed by atoms with Gasteiger partial charge in [0.2, 0.25) is 5.91 Å². The molecule has 226 valence electrons. The molecule has 4 aromatic rings. The molecule has 1 aliphatic carbocycles. The Morgan fingerprint density at radius 2 is 1.80 bits per heavy atom. The standard InChI is InChI=1S/C35H36FN5O3/c1-22(2)26-5-4-6-27(18-26)35(15-16-35)41-20-32(44-34(41)43)31(39-23(3)42)17-24-7-13-29(14-8-24)40-33-19-30(37-21-38-33)25-9-11-28(36)12-10-25/h4-14,18-19,21-22,31-32H,15-17,20H2,1-3H3,(H,39,42)(H,37,38,40). The monoisotopic (exact) mass is 593 g/mol. The number of aromatic nitrogens is 2. The average Bonchev–Trinajstić information content (AvgIpc) is 3.73. The highest BCUT2D eigenvalue weighted by Crippen LogP contribution is 2.53. The summed E-state index contributed by atoms with van der Waals surface area (Å²) < 4.78 is 19.2. The van der Waals surface area contributed by atoms with Gasteiger partial charge in [-0.05, 0) is 78.3 Å². The fourth-order valence-corrected chi connectivity index (χ4v) is 5.93. The van der Waals surface area contributed by atoms with Crippen molar-refractivity contribution >= 4 is 23.5 Å². The largest absolute Gasteiger partial charge is 0.442 e. The van der Waals surface area contributed by atoms with Gasteiger partial charge in [0.05, 0.1) is 23.8 Å². The van der Waals surface area contributed by atoms with Crippen molar-refractivity contribution in [1.29, 1.82) is 0 Å². The Morgan fingerprint density at radius 3 is 2.48 bits per heavy atom. The van der Waals surface area contributed by atoms with Gasteiger partial charge in [-0.2, -0.15) is 0 Å². The van der Waals surface area contributed by atoms with Crippen LogP contribution in [0.3, 0.4) is 0 Å². The van der Waals surface area contributed by atoms with E-state index in [1.165, 1.54) is 30.9 Å². The quantitative estimate of drug-likeness (QED) is 0.212. The summed E-state index contributed by atoms with van der Waals surface area (Å²) in [5.41, 5.74) is 5.34. The Kier molecular flexibility index (Phi) is 8.03. The molecule has 1 aromatic heterocycles. The van der Waals surface area contributed by atoms with Crippen molar-refractivity contribution in [3.05, 3.63) is 108 Å². The SMILES string of the molecule is CC(=O)NC(Cc1ccc(Nc2cc(-c3ccc(F)cc3)ncn2)cc1)C1CN(C2(c3cccc(C(C)C)c3)CC2)C(=O)O1. The maximum absolute atomic E-state index is 13.3. The molecule has 6 rings (SSSR count). The molecule has 2 aliphatic rings. The summed E-state index contributed by atoms with van der Waals surface area (Å²) in [7, 11) is 0. The molecule has 44 heavy (non-hydrogen) atoms. The van der Waals surface area contributed by atoms with Gasteiger partial charge in [0.15, 0.2) is 0 Å². The molecule has 2 atom stereocenters. The Bertz CT molecular complexity index is 1650. The second-order valence-electron chi connectivity index (χ2n) is 12.0. The second kappa shape index (κ2) is 12.1. The summed E-state index contributed by atoms with van der Waals surface area (Å²) in [6.07, 6.45) is 2.96. The van der Waals surface area contributed by atoms with Crippen molar-refractivity contribution in [3.8, 4) is 11.3 Å². The first-order valence-corrected chi connectivity index (χ1v) is 15.0. The van der Waals surface area contributed by atoms with Crippen molar-refractivity contribution in [2.75, 3.05) is 11.9 Å². The highest BCUT2D eigenvalue weighted by molar-refractivity contribution is 5.75. The molecule has 0 radical (unpaired) electrons. The maximum Gasteiger partial charge on any atom is 0.411 e. The number of halogens is 1. The molecule has 8 nitrogen and oxygen atoms in total. The van der Waals surface area contributed by atoms with Gasteiger partial charge in [0.1, 0.15) is 24.1 Å². The van der Waals surface area contributed by atoms with E-state index in [-0.39, 0.29) is 29.4 Å². The van der Waals surface area contributed by atoms with Crippen LogP contribution in [0.25, 0.3) is 11.3 Å². The molecule has 0 bridgehead atoms. The van der Waals surface area contributed by atoms with Crippen LogP contribution < -0.4 is 10.6 Å². The van der Waals surface area contributed by atoms with Crippen molar-refractivity contribution in [3.63, 3.8) is 0 Å². The van der Waals surface area contributed by atoms with E-state index in [0.29, 0.717) is 30.4 Å². The number of rotatable bonds is 10. The lowest BCUT2D eigenvalue weighted by atomic mass is 9.95. The average molecular weight is 594 g/mol. The number of hydrogen-bond acceptors (Lipinski definition) is 6. The topological polar surface area (TPSA) is 96.5 Å². The van der Waals surface area contributed by atoms with Crippen LogP contribution >= 0.6 is 0 Å². The van der Waals surface area contributed by atoms with Gasteiger partial charge in [0, 0.05) is 24.2 Å². The number of carbonyl (C=O) groups is 2. The minimum Gasteiger partial charge on any atom is -0.442 e. The molecule has 2 amide bonds. The molecule has 9 heteroatoms. The van der Waals surface area contributed by atoms with Gasteiger partial charge >= 0.3 is 6.09 Å². The van der Waals surface area contributed by atoms with Crippen LogP contribution in [-0.2, 0) is 21.5 Å². The zero-order valence-corrected chi connectivity index (χ0v) is 25.1. The number of carbonyl (C=O) groups excluding carboxylic acids is 2. The van der Waals surface area contributed by atoms with E-state index >= 15 is 0 Å². The van der Waals surface area contributed by atoms with E-state index in [1.807, 2.05) is 29.2 Å². The van der Waals surface area contributed by atoms with Crippen LogP contribution in [0.2, 0.25) is 0 Å². The van der Waals surface area contributed by atoms with Crippen molar-refractivity contribution < 1.29 is 18.7 Å². The maximum atomic E-state index is 13.3. The van der Waals surface area contributed by atoms with Crippen molar-refractivity contribution in [2.24, 2.45) is 0 Å². The van der Waals surface area contributed by atoms with Crippen LogP contribution in [0.1, 0.15) is 56.2 Å². The molecule has 2 heterocycles. The van der Waals surface area contributed by atoms with Crippen LogP contribution in [0.5, 0.6) is 0 Å². The Morgan fingerprint density at radius 1 is 1.05 bits per heavy atom. The molecule has 2 N–H and O–H groups in total. The number of anilines is 2. The molecular weight excluding hydrogens is 557 g/mol. The van der Waals surface area contributed by atoms with Gasteiger partial charge in [-0.25, -0.2) is 19.2 Å². The minimum atomic E-state index is -0.471. The third kappa shape index (κ3) is 6.27. The van der Waals surface area contributed by atoms with Crippen LogP contribution in [0.15, 0.2) is 85.2 Å². The zero-order chi connectivity index (χ0) is 30.8. The normalized spacial score (nSPS) is 17.7. The second-order valence-corrected chi connectivity index (χ2v) is 12.0. The van der Waals surface area contributed by atoms with Crippen molar-refractivity contribution in [1.82, 2.24) is 20.2 Å². The van der Waals surface area contributed by atoms with Gasteiger partial charge < -0.3 is 15.4 Å². The molecular formula is C35H36FN5O3. The lowest BCUT2D eigenvalue weighted by Gasteiger charge is -2.28.